The zero-order valence-electron chi connectivity index (χ0n) is 15.0. The summed E-state index contributed by atoms with van der Waals surface area (Å²) in [5.74, 6) is 0.516. The van der Waals surface area contributed by atoms with Crippen molar-refractivity contribution in [2.24, 2.45) is 5.14 Å². The van der Waals surface area contributed by atoms with Crippen molar-refractivity contribution < 1.29 is 8.42 Å². The average Bonchev–Trinajstić information content (AvgIpc) is 3.13. The number of rotatable bonds is 5. The van der Waals surface area contributed by atoms with E-state index in [9.17, 15) is 13.2 Å². The van der Waals surface area contributed by atoms with Crippen molar-refractivity contribution in [3.8, 4) is 5.69 Å². The lowest BCUT2D eigenvalue weighted by molar-refractivity contribution is 0.598. The summed E-state index contributed by atoms with van der Waals surface area (Å²) in [5.41, 5.74) is 1.47. The smallest absolute Gasteiger partial charge is 0.262 e. The molecule has 4 rings (SSSR count). The highest BCUT2D eigenvalue weighted by Crippen LogP contribution is 2.27. The van der Waals surface area contributed by atoms with Gasteiger partial charge in [0.05, 0.1) is 26.8 Å². The molecule has 3 N–H and O–H groups in total. The van der Waals surface area contributed by atoms with Crippen LogP contribution in [0.3, 0.4) is 0 Å². The highest BCUT2D eigenvalue weighted by Gasteiger charge is 2.14. The van der Waals surface area contributed by atoms with Crippen LogP contribution in [0.5, 0.6) is 0 Å². The van der Waals surface area contributed by atoms with Gasteiger partial charge in [0.25, 0.3) is 5.56 Å². The van der Waals surface area contributed by atoms with E-state index in [1.807, 2.05) is 6.07 Å². The minimum atomic E-state index is -3.81. The first-order valence-electron chi connectivity index (χ1n) is 8.40. The molecule has 2 aromatic carbocycles. The fraction of sp³-hybridized carbons (Fsp3) is 0.0556. The van der Waals surface area contributed by atoms with Gasteiger partial charge in [0, 0.05) is 5.75 Å². The molecule has 0 unspecified atom stereocenters. The Bertz CT molecular complexity index is 1420. The van der Waals surface area contributed by atoms with Crippen LogP contribution in [-0.2, 0) is 15.8 Å². The second kappa shape index (κ2) is 8.05. The Balaban J connectivity index is 1.67. The Morgan fingerprint density at radius 2 is 1.83 bits per heavy atom. The Labute approximate surface area is 185 Å². The van der Waals surface area contributed by atoms with Gasteiger partial charge < -0.3 is 4.98 Å². The number of benzene rings is 2. The molecule has 0 aliphatic rings. The van der Waals surface area contributed by atoms with Crippen molar-refractivity contribution in [3.05, 3.63) is 74.6 Å². The van der Waals surface area contributed by atoms with Gasteiger partial charge in [-0.05, 0) is 42.0 Å². The van der Waals surface area contributed by atoms with Crippen LogP contribution in [0.1, 0.15) is 5.56 Å². The molecule has 0 atom stereocenters. The van der Waals surface area contributed by atoms with Crippen LogP contribution in [0.2, 0.25) is 10.0 Å². The largest absolute Gasteiger partial charge is 0.301 e. The van der Waals surface area contributed by atoms with Gasteiger partial charge in [-0.25, -0.2) is 23.2 Å². The summed E-state index contributed by atoms with van der Waals surface area (Å²) in [5, 5.41) is 11.0. The van der Waals surface area contributed by atoms with E-state index in [2.05, 4.69) is 15.1 Å². The van der Waals surface area contributed by atoms with E-state index in [1.165, 1.54) is 46.9 Å². The van der Waals surface area contributed by atoms with E-state index in [0.29, 0.717) is 37.7 Å². The van der Waals surface area contributed by atoms with Crippen LogP contribution < -0.4 is 10.7 Å². The average molecular weight is 482 g/mol. The number of nitrogens with one attached hydrogen (secondary N) is 1. The summed E-state index contributed by atoms with van der Waals surface area (Å²) in [6, 6.07) is 11.1. The molecule has 2 aromatic heterocycles. The van der Waals surface area contributed by atoms with Gasteiger partial charge in [-0.15, -0.1) is 0 Å². The number of aromatic nitrogens is 4. The number of nitrogens with zero attached hydrogens (tertiary/aromatic N) is 3. The number of aromatic amines is 1. The lowest BCUT2D eigenvalue weighted by Crippen LogP contribution is -2.12. The van der Waals surface area contributed by atoms with Gasteiger partial charge in [0.2, 0.25) is 10.0 Å². The maximum absolute atomic E-state index is 12.4. The Hall–Kier alpha value is -2.37. The number of primary sulfonamides is 1. The van der Waals surface area contributed by atoms with E-state index in [-0.39, 0.29) is 10.5 Å². The minimum Gasteiger partial charge on any atom is -0.301 e. The summed E-state index contributed by atoms with van der Waals surface area (Å²) in [7, 11) is -3.81. The standard InChI is InChI=1S/C18H13Cl2N5O3S2/c19-14-6-1-10(7-15(14)20)9-29-18-23-16-13(17(26)24-18)8-22-25(16)11-2-4-12(5-3-11)30(21,27)28/h1-8H,9H2,(H2,21,27,28)(H,23,24,26). The van der Waals surface area contributed by atoms with E-state index in [1.54, 1.807) is 12.1 Å². The fourth-order valence-electron chi connectivity index (χ4n) is 2.71. The van der Waals surface area contributed by atoms with Gasteiger partial charge in [-0.1, -0.05) is 41.0 Å². The van der Waals surface area contributed by atoms with Crippen LogP contribution in [0.4, 0.5) is 0 Å². The highest BCUT2D eigenvalue weighted by molar-refractivity contribution is 7.98. The van der Waals surface area contributed by atoms with Crippen molar-refractivity contribution in [2.45, 2.75) is 15.8 Å². The summed E-state index contributed by atoms with van der Waals surface area (Å²) < 4.78 is 24.3. The second-order valence-electron chi connectivity index (χ2n) is 6.24. The van der Waals surface area contributed by atoms with E-state index < -0.39 is 10.0 Å². The lowest BCUT2D eigenvalue weighted by Gasteiger charge is -2.06. The van der Waals surface area contributed by atoms with Crippen LogP contribution >= 0.6 is 35.0 Å². The van der Waals surface area contributed by atoms with Crippen LogP contribution in [-0.4, -0.2) is 28.2 Å². The number of sulfonamides is 1. The molecule has 0 spiro atoms. The Kier molecular flexibility index (Phi) is 5.60. The minimum absolute atomic E-state index is 0.0219. The zero-order chi connectivity index (χ0) is 21.5. The predicted octanol–water partition coefficient (Wildman–Crippen LogP) is 3.36. The quantitative estimate of drug-likeness (QED) is 0.332. The molecule has 0 amide bonds. The third-order valence-corrected chi connectivity index (χ3v) is 6.80. The van der Waals surface area contributed by atoms with E-state index in [0.717, 1.165) is 5.56 Å². The number of thioether (sulfide) groups is 1. The maximum Gasteiger partial charge on any atom is 0.262 e. The third kappa shape index (κ3) is 4.23. The fourth-order valence-corrected chi connectivity index (χ4v) is 4.35. The third-order valence-electron chi connectivity index (χ3n) is 4.19. The van der Waals surface area contributed by atoms with Crippen molar-refractivity contribution in [2.75, 3.05) is 0 Å². The Morgan fingerprint density at radius 3 is 2.50 bits per heavy atom. The maximum atomic E-state index is 12.4. The molecular weight excluding hydrogens is 469 g/mol. The number of hydrogen-bond acceptors (Lipinski definition) is 6. The Morgan fingerprint density at radius 1 is 1.10 bits per heavy atom. The molecule has 30 heavy (non-hydrogen) atoms. The summed E-state index contributed by atoms with van der Waals surface area (Å²) in [6.45, 7) is 0. The first-order chi connectivity index (χ1) is 14.2. The van der Waals surface area contributed by atoms with Crippen molar-refractivity contribution in [1.29, 1.82) is 0 Å². The van der Waals surface area contributed by atoms with Gasteiger partial charge in [0.15, 0.2) is 10.8 Å². The van der Waals surface area contributed by atoms with Gasteiger partial charge in [-0.3, -0.25) is 4.79 Å². The van der Waals surface area contributed by atoms with Crippen molar-refractivity contribution in [3.63, 3.8) is 0 Å². The van der Waals surface area contributed by atoms with Crippen LogP contribution in [0.25, 0.3) is 16.7 Å². The summed E-state index contributed by atoms with van der Waals surface area (Å²) in [4.78, 5) is 19.7. The lowest BCUT2D eigenvalue weighted by atomic mass is 10.2. The molecule has 0 fully saturated rings. The molecule has 0 saturated heterocycles. The molecule has 0 aliphatic heterocycles. The second-order valence-corrected chi connectivity index (χ2v) is 9.58. The molecule has 154 valence electrons. The molecule has 0 bridgehead atoms. The summed E-state index contributed by atoms with van der Waals surface area (Å²) >= 11 is 13.3. The zero-order valence-corrected chi connectivity index (χ0v) is 18.2. The van der Waals surface area contributed by atoms with Gasteiger partial charge in [0.1, 0.15) is 5.39 Å². The normalized spacial score (nSPS) is 11.8. The SMILES string of the molecule is NS(=O)(=O)c1ccc(-n2ncc3c(=O)[nH]c(SCc4ccc(Cl)c(Cl)c4)nc32)cc1. The molecule has 0 aliphatic carbocycles. The molecule has 4 aromatic rings. The van der Waals surface area contributed by atoms with Crippen LogP contribution in [0, 0.1) is 0 Å². The number of nitrogens with two attached hydrogens (primary N) is 1. The molecule has 2 heterocycles. The van der Waals surface area contributed by atoms with Gasteiger partial charge in [-0.2, -0.15) is 5.10 Å². The monoisotopic (exact) mass is 481 g/mol. The first kappa shape index (κ1) is 20.9. The summed E-state index contributed by atoms with van der Waals surface area (Å²) in [6.07, 6.45) is 1.40. The van der Waals surface area contributed by atoms with Gasteiger partial charge >= 0.3 is 0 Å². The first-order valence-corrected chi connectivity index (χ1v) is 11.7. The number of hydrogen-bond donors (Lipinski definition) is 2. The highest BCUT2D eigenvalue weighted by atomic mass is 35.5. The number of halogens is 2. The molecule has 12 heteroatoms. The molecule has 8 nitrogen and oxygen atoms in total. The predicted molar refractivity (Wildman–Crippen MR) is 117 cm³/mol. The molecule has 0 saturated carbocycles. The van der Waals surface area contributed by atoms with Crippen molar-refractivity contribution in [1.82, 2.24) is 19.7 Å². The van der Waals surface area contributed by atoms with Crippen molar-refractivity contribution >= 4 is 56.0 Å². The van der Waals surface area contributed by atoms with E-state index >= 15 is 0 Å². The molecular formula is C18H13Cl2N5O3S2. The topological polar surface area (TPSA) is 124 Å². The molecule has 0 radical (unpaired) electrons. The van der Waals surface area contributed by atoms with Crippen LogP contribution in [0.15, 0.2) is 63.5 Å². The van der Waals surface area contributed by atoms with E-state index in [4.69, 9.17) is 28.3 Å². The number of H-pyrrole nitrogens is 1. The number of fused-ring (bicyclic) bond motifs is 1.